The quantitative estimate of drug-likeness (QED) is 0.656. The number of nitrogens with two attached hydrogens (primary N) is 1. The molecule has 0 saturated carbocycles. The summed E-state index contributed by atoms with van der Waals surface area (Å²) < 4.78 is 23.8. The van der Waals surface area contributed by atoms with Gasteiger partial charge in [-0.3, -0.25) is 4.79 Å². The molecule has 0 spiro atoms. The molecule has 0 fully saturated rings. The molecule has 10 heavy (non-hydrogen) atoms. The fourth-order valence-electron chi connectivity index (χ4n) is 0.286. The molecule has 6 heteroatoms. The van der Waals surface area contributed by atoms with Crippen molar-refractivity contribution >= 4 is 21.8 Å². The molecule has 0 aromatic carbocycles. The van der Waals surface area contributed by atoms with Gasteiger partial charge in [0.2, 0.25) is 0 Å². The maximum absolute atomic E-state index is 11.9. The van der Waals surface area contributed by atoms with Crippen molar-refractivity contribution in [3.63, 3.8) is 0 Å². The van der Waals surface area contributed by atoms with Crippen LogP contribution in [-0.2, 0) is 4.79 Å². The average molecular weight is 217 g/mol. The highest BCUT2D eigenvalue weighted by atomic mass is 79.9. The lowest BCUT2D eigenvalue weighted by Crippen LogP contribution is -2.38. The smallest absolute Gasteiger partial charge is 0.349 e. The molecule has 0 aliphatic carbocycles. The normalized spacial score (nSPS) is 11.2. The van der Waals surface area contributed by atoms with E-state index in [1.165, 1.54) is 0 Å². The zero-order chi connectivity index (χ0) is 8.20. The van der Waals surface area contributed by atoms with Gasteiger partial charge in [0.1, 0.15) is 0 Å². The minimum atomic E-state index is -3.48. The van der Waals surface area contributed by atoms with E-state index in [1.54, 1.807) is 0 Å². The summed E-state index contributed by atoms with van der Waals surface area (Å²) in [4.78, 5) is 6.78. The fraction of sp³-hybridized carbons (Fsp3) is 0.750. The van der Waals surface area contributed by atoms with Crippen molar-refractivity contribution in [1.29, 1.82) is 0 Å². The second-order valence-electron chi connectivity index (χ2n) is 1.54. The van der Waals surface area contributed by atoms with Gasteiger partial charge in [0.05, 0.1) is 0 Å². The lowest BCUT2D eigenvalue weighted by atomic mass is 10.5. The third-order valence-corrected chi connectivity index (χ3v) is 1.05. The van der Waals surface area contributed by atoms with E-state index < -0.39 is 10.7 Å². The number of carbonyl (C=O) groups is 1. The molecular formula is C4H7BrF2N2O. The maximum Gasteiger partial charge on any atom is 0.377 e. The number of carbonyl (C=O) groups excluding carboxylic acids is 1. The lowest BCUT2D eigenvalue weighted by molar-refractivity contribution is -0.134. The average Bonchev–Trinajstić information content (AvgIpc) is 1.80. The van der Waals surface area contributed by atoms with Crippen LogP contribution in [0.1, 0.15) is 0 Å². The highest BCUT2D eigenvalue weighted by Gasteiger charge is 2.34. The maximum atomic E-state index is 11.9. The second-order valence-corrected chi connectivity index (χ2v) is 2.54. The number of alkyl halides is 3. The third kappa shape index (κ3) is 3.73. The van der Waals surface area contributed by atoms with Crippen LogP contribution in [0, 0.1) is 0 Å². The minimum absolute atomic E-state index is 0.0556. The largest absolute Gasteiger partial charge is 0.377 e. The molecule has 60 valence electrons. The number of nitrogens with one attached hydrogen (secondary N) is 1. The zero-order valence-electron chi connectivity index (χ0n) is 5.03. The van der Waals surface area contributed by atoms with Gasteiger partial charge in [-0.05, 0) is 0 Å². The van der Waals surface area contributed by atoms with Crippen molar-refractivity contribution in [3.8, 4) is 0 Å². The molecule has 0 aliphatic heterocycles. The predicted molar refractivity (Wildman–Crippen MR) is 35.9 cm³/mol. The standard InChI is InChI=1S/C4H7BrF2N2O/c5-4(6,7)3(10)9-2-1-8/h1-2,8H2,(H,9,10). The first-order valence-corrected chi connectivity index (χ1v) is 3.33. The van der Waals surface area contributed by atoms with Crippen LogP contribution in [0.3, 0.4) is 0 Å². The summed E-state index contributed by atoms with van der Waals surface area (Å²) in [5.74, 6) is -1.36. The summed E-state index contributed by atoms with van der Waals surface area (Å²) in [6, 6.07) is 0. The van der Waals surface area contributed by atoms with Gasteiger partial charge >= 0.3 is 10.7 Å². The SMILES string of the molecule is NCCNC(=O)C(F)(F)Br. The van der Waals surface area contributed by atoms with Crippen LogP contribution in [0.25, 0.3) is 0 Å². The monoisotopic (exact) mass is 216 g/mol. The van der Waals surface area contributed by atoms with Crippen LogP contribution >= 0.6 is 15.9 Å². The Bertz CT molecular complexity index is 125. The van der Waals surface area contributed by atoms with E-state index in [0.717, 1.165) is 0 Å². The predicted octanol–water partition coefficient (Wildman–Crippen LogP) is 0.0490. The molecule has 0 saturated heterocycles. The van der Waals surface area contributed by atoms with Crippen LogP contribution < -0.4 is 11.1 Å². The molecule has 0 aromatic heterocycles. The second kappa shape index (κ2) is 3.82. The van der Waals surface area contributed by atoms with E-state index in [4.69, 9.17) is 5.73 Å². The summed E-state index contributed by atoms with van der Waals surface area (Å²) in [5, 5.41) is 1.91. The van der Waals surface area contributed by atoms with E-state index in [9.17, 15) is 13.6 Å². The topological polar surface area (TPSA) is 55.1 Å². The van der Waals surface area contributed by atoms with Crippen molar-refractivity contribution in [2.24, 2.45) is 5.73 Å². The molecule has 0 aliphatic rings. The van der Waals surface area contributed by atoms with Crippen LogP contribution in [0.4, 0.5) is 8.78 Å². The molecule has 0 bridgehead atoms. The van der Waals surface area contributed by atoms with E-state index >= 15 is 0 Å². The summed E-state index contributed by atoms with van der Waals surface area (Å²) in [7, 11) is 0. The summed E-state index contributed by atoms with van der Waals surface area (Å²) >= 11 is 1.89. The Morgan fingerprint density at radius 1 is 1.70 bits per heavy atom. The molecule has 3 nitrogen and oxygen atoms in total. The van der Waals surface area contributed by atoms with Gasteiger partial charge in [0.25, 0.3) is 0 Å². The van der Waals surface area contributed by atoms with E-state index in [1.807, 2.05) is 21.2 Å². The van der Waals surface area contributed by atoms with Crippen molar-refractivity contribution in [3.05, 3.63) is 0 Å². The molecule has 3 N–H and O–H groups in total. The van der Waals surface area contributed by atoms with Crippen molar-refractivity contribution in [1.82, 2.24) is 5.32 Å². The van der Waals surface area contributed by atoms with E-state index in [0.29, 0.717) is 0 Å². The van der Waals surface area contributed by atoms with Crippen LogP contribution in [0.2, 0.25) is 0 Å². The Balaban J connectivity index is 3.64. The molecule has 1 amide bonds. The van der Waals surface area contributed by atoms with Crippen molar-refractivity contribution < 1.29 is 13.6 Å². The number of amides is 1. The van der Waals surface area contributed by atoms with Gasteiger partial charge in [0, 0.05) is 29.0 Å². The Morgan fingerprint density at radius 3 is 2.50 bits per heavy atom. The summed E-state index contributed by atoms with van der Waals surface area (Å²) in [6.07, 6.45) is 0. The van der Waals surface area contributed by atoms with Crippen LogP contribution in [-0.4, -0.2) is 23.8 Å². The van der Waals surface area contributed by atoms with Gasteiger partial charge in [-0.15, -0.1) is 0 Å². The Labute approximate surface area is 65.1 Å². The molecule has 0 rings (SSSR count). The zero-order valence-corrected chi connectivity index (χ0v) is 6.62. The Morgan fingerprint density at radius 2 is 2.20 bits per heavy atom. The first-order chi connectivity index (χ1) is 4.48. The fourth-order valence-corrected chi connectivity index (χ4v) is 0.426. The van der Waals surface area contributed by atoms with Crippen LogP contribution in [0.5, 0.6) is 0 Å². The molecule has 0 aromatic rings. The number of hydrogen-bond acceptors (Lipinski definition) is 2. The third-order valence-electron chi connectivity index (χ3n) is 0.687. The lowest BCUT2D eigenvalue weighted by Gasteiger charge is -2.07. The van der Waals surface area contributed by atoms with Crippen molar-refractivity contribution in [2.75, 3.05) is 13.1 Å². The Hall–Kier alpha value is -0.230. The van der Waals surface area contributed by atoms with Gasteiger partial charge in [0.15, 0.2) is 0 Å². The highest BCUT2D eigenvalue weighted by molar-refractivity contribution is 9.10. The van der Waals surface area contributed by atoms with Gasteiger partial charge in [-0.2, -0.15) is 8.78 Å². The molecule has 0 unspecified atom stereocenters. The highest BCUT2D eigenvalue weighted by Crippen LogP contribution is 2.20. The van der Waals surface area contributed by atoms with Gasteiger partial charge < -0.3 is 11.1 Å². The summed E-state index contributed by atoms with van der Waals surface area (Å²) in [5.41, 5.74) is 4.95. The number of hydrogen-bond donors (Lipinski definition) is 2. The summed E-state index contributed by atoms with van der Waals surface area (Å²) in [6.45, 7) is 0.203. The van der Waals surface area contributed by atoms with Crippen LogP contribution in [0.15, 0.2) is 0 Å². The van der Waals surface area contributed by atoms with Gasteiger partial charge in [-0.25, -0.2) is 0 Å². The Kier molecular flexibility index (Phi) is 3.73. The molecule has 0 atom stereocenters. The molecule has 0 heterocycles. The van der Waals surface area contributed by atoms with Crippen molar-refractivity contribution in [2.45, 2.75) is 4.83 Å². The molecular weight excluding hydrogens is 210 g/mol. The number of rotatable bonds is 3. The first-order valence-electron chi connectivity index (χ1n) is 2.53. The van der Waals surface area contributed by atoms with E-state index in [-0.39, 0.29) is 13.1 Å². The van der Waals surface area contributed by atoms with E-state index in [2.05, 4.69) is 0 Å². The molecule has 0 radical (unpaired) electrons. The number of halogens is 3. The van der Waals surface area contributed by atoms with Gasteiger partial charge in [-0.1, -0.05) is 0 Å². The minimum Gasteiger partial charge on any atom is -0.349 e. The first kappa shape index (κ1) is 9.77.